The lowest BCUT2D eigenvalue weighted by Crippen LogP contribution is -3.12. The molecule has 150 valence electrons. The highest BCUT2D eigenvalue weighted by Crippen LogP contribution is 2.22. The van der Waals surface area contributed by atoms with E-state index in [0.29, 0.717) is 16.7 Å². The first-order valence-electron chi connectivity index (χ1n) is 9.76. The molecule has 0 atom stereocenters. The second-order valence-electron chi connectivity index (χ2n) is 7.18. The Labute approximate surface area is 168 Å². The van der Waals surface area contributed by atoms with Crippen molar-refractivity contribution >= 4 is 17.8 Å². The number of imide groups is 1. The van der Waals surface area contributed by atoms with E-state index in [0.717, 1.165) is 43.3 Å². The number of amides is 2. The summed E-state index contributed by atoms with van der Waals surface area (Å²) >= 11 is 0. The molecule has 4 rings (SSSR count). The molecule has 2 heterocycles. The molecule has 0 unspecified atom stereocenters. The van der Waals surface area contributed by atoms with Crippen LogP contribution in [0.5, 0.6) is 0 Å². The maximum atomic E-state index is 12.3. The molecule has 2 aliphatic rings. The van der Waals surface area contributed by atoms with Gasteiger partial charge >= 0.3 is 5.97 Å². The molecule has 0 aromatic heterocycles. The third-order valence-corrected chi connectivity index (χ3v) is 5.27. The largest absolute Gasteiger partial charge is 0.460 e. The number of ether oxygens (including phenoxy) is 2. The molecular weight excluding hydrogens is 372 g/mol. The highest BCUT2D eigenvalue weighted by Gasteiger charge is 2.34. The first kappa shape index (κ1) is 19.3. The van der Waals surface area contributed by atoms with Gasteiger partial charge < -0.3 is 14.4 Å². The lowest BCUT2D eigenvalue weighted by Gasteiger charge is -2.23. The van der Waals surface area contributed by atoms with Gasteiger partial charge in [-0.1, -0.05) is 24.3 Å². The predicted molar refractivity (Wildman–Crippen MR) is 104 cm³/mol. The van der Waals surface area contributed by atoms with E-state index in [1.54, 1.807) is 36.4 Å². The molecule has 1 fully saturated rings. The monoisotopic (exact) mass is 395 g/mol. The van der Waals surface area contributed by atoms with Gasteiger partial charge in [0.2, 0.25) is 0 Å². The fraction of sp³-hybridized carbons (Fsp3) is 0.318. The second kappa shape index (κ2) is 8.55. The number of carbonyl (C=O) groups excluding carboxylic acids is 3. The van der Waals surface area contributed by atoms with E-state index in [1.807, 2.05) is 12.1 Å². The average molecular weight is 395 g/mol. The molecule has 0 saturated carbocycles. The minimum absolute atomic E-state index is 0.0377. The average Bonchev–Trinajstić information content (AvgIpc) is 3.00. The van der Waals surface area contributed by atoms with Crippen LogP contribution in [0.4, 0.5) is 0 Å². The number of esters is 1. The number of carbonyl (C=O) groups is 3. The van der Waals surface area contributed by atoms with Crippen LogP contribution in [0, 0.1) is 0 Å². The molecule has 1 saturated heterocycles. The van der Waals surface area contributed by atoms with Gasteiger partial charge in [0.05, 0.1) is 36.4 Å². The molecule has 2 aromatic rings. The normalized spacial score (nSPS) is 16.8. The number of benzene rings is 2. The van der Waals surface area contributed by atoms with Crippen molar-refractivity contribution in [2.24, 2.45) is 0 Å². The van der Waals surface area contributed by atoms with Gasteiger partial charge in [0.25, 0.3) is 11.8 Å². The summed E-state index contributed by atoms with van der Waals surface area (Å²) in [5, 5.41) is 0. The van der Waals surface area contributed by atoms with Crippen LogP contribution in [-0.2, 0) is 16.0 Å². The molecule has 0 radical (unpaired) electrons. The molecule has 0 bridgehead atoms. The van der Waals surface area contributed by atoms with Crippen LogP contribution in [0.1, 0.15) is 36.6 Å². The topological polar surface area (TPSA) is 77.4 Å². The summed E-state index contributed by atoms with van der Waals surface area (Å²) in [6.45, 7) is 4.45. The maximum Gasteiger partial charge on any atom is 0.338 e. The molecule has 2 amide bonds. The highest BCUT2D eigenvalue weighted by molar-refractivity contribution is 6.21. The molecule has 2 aliphatic heterocycles. The van der Waals surface area contributed by atoms with Crippen molar-refractivity contribution in [3.8, 4) is 0 Å². The van der Waals surface area contributed by atoms with Crippen molar-refractivity contribution in [2.45, 2.75) is 6.54 Å². The number of quaternary nitrogens is 1. The summed E-state index contributed by atoms with van der Waals surface area (Å²) in [5.74, 6) is -1.17. The van der Waals surface area contributed by atoms with Gasteiger partial charge in [-0.2, -0.15) is 0 Å². The summed E-state index contributed by atoms with van der Waals surface area (Å²) < 4.78 is 10.6. The molecule has 29 heavy (non-hydrogen) atoms. The number of nitrogens with one attached hydrogen (secondary N) is 1. The van der Waals surface area contributed by atoms with Crippen molar-refractivity contribution in [1.82, 2.24) is 4.90 Å². The van der Waals surface area contributed by atoms with Crippen molar-refractivity contribution < 1.29 is 28.8 Å². The van der Waals surface area contributed by atoms with Crippen LogP contribution < -0.4 is 4.90 Å². The van der Waals surface area contributed by atoms with Crippen molar-refractivity contribution in [3.63, 3.8) is 0 Å². The zero-order valence-electron chi connectivity index (χ0n) is 16.1. The van der Waals surface area contributed by atoms with Crippen LogP contribution >= 0.6 is 0 Å². The molecule has 7 heteroatoms. The van der Waals surface area contributed by atoms with Gasteiger partial charge in [-0.3, -0.25) is 14.5 Å². The molecule has 2 aromatic carbocycles. The van der Waals surface area contributed by atoms with Crippen LogP contribution in [0.15, 0.2) is 48.5 Å². The van der Waals surface area contributed by atoms with Gasteiger partial charge in [-0.25, -0.2) is 4.79 Å². The second-order valence-corrected chi connectivity index (χ2v) is 7.18. The van der Waals surface area contributed by atoms with E-state index in [4.69, 9.17) is 9.47 Å². The summed E-state index contributed by atoms with van der Waals surface area (Å²) in [6, 6.07) is 14.1. The highest BCUT2D eigenvalue weighted by atomic mass is 16.5. The van der Waals surface area contributed by atoms with Gasteiger partial charge in [0, 0.05) is 5.56 Å². The molecule has 7 nitrogen and oxygen atoms in total. The fourth-order valence-corrected chi connectivity index (χ4v) is 3.64. The van der Waals surface area contributed by atoms with Gasteiger partial charge in [-0.05, 0) is 24.3 Å². The Kier molecular flexibility index (Phi) is 5.69. The summed E-state index contributed by atoms with van der Waals surface area (Å²) in [6.07, 6.45) is 0. The summed E-state index contributed by atoms with van der Waals surface area (Å²) in [4.78, 5) is 39.5. The Bertz CT molecular complexity index is 884. The van der Waals surface area contributed by atoms with Crippen molar-refractivity contribution in [1.29, 1.82) is 0 Å². The summed E-state index contributed by atoms with van der Waals surface area (Å²) in [7, 11) is 0. The van der Waals surface area contributed by atoms with Crippen LogP contribution in [0.25, 0.3) is 0 Å². The Morgan fingerprint density at radius 2 is 1.59 bits per heavy atom. The van der Waals surface area contributed by atoms with E-state index in [-0.39, 0.29) is 25.0 Å². The quantitative estimate of drug-likeness (QED) is 0.571. The summed E-state index contributed by atoms with van der Waals surface area (Å²) in [5.41, 5.74) is 2.39. The molecule has 0 aliphatic carbocycles. The van der Waals surface area contributed by atoms with E-state index in [1.165, 1.54) is 4.90 Å². The Balaban J connectivity index is 1.28. The number of hydrogen-bond donors (Lipinski definition) is 1. The lowest BCUT2D eigenvalue weighted by atomic mass is 10.1. The standard InChI is InChI=1S/C22H22N2O5/c25-20-18-3-1-2-4-19(18)21(26)24(20)11-14-29-22(27)17-7-5-16(6-8-17)15-23-9-12-28-13-10-23/h1-8H,9-15H2/p+1. The SMILES string of the molecule is O=C(OCCN1C(=O)c2ccccc2C1=O)c1ccc(C[NH+]2CCOCC2)cc1. The van der Waals surface area contributed by atoms with Crippen LogP contribution in [0.3, 0.4) is 0 Å². The molecule has 0 spiro atoms. The van der Waals surface area contributed by atoms with Gasteiger partial charge in [-0.15, -0.1) is 0 Å². The zero-order chi connectivity index (χ0) is 20.2. The minimum atomic E-state index is -0.466. The fourth-order valence-electron chi connectivity index (χ4n) is 3.64. The Morgan fingerprint density at radius 1 is 0.966 bits per heavy atom. The van der Waals surface area contributed by atoms with E-state index in [2.05, 4.69) is 0 Å². The Morgan fingerprint density at radius 3 is 2.21 bits per heavy atom. The molecule has 1 N–H and O–H groups in total. The van der Waals surface area contributed by atoms with Crippen molar-refractivity contribution in [3.05, 3.63) is 70.8 Å². The minimum Gasteiger partial charge on any atom is -0.460 e. The zero-order valence-corrected chi connectivity index (χ0v) is 16.1. The lowest BCUT2D eigenvalue weighted by molar-refractivity contribution is -0.921. The van der Waals surface area contributed by atoms with Crippen LogP contribution in [-0.4, -0.2) is 62.1 Å². The third kappa shape index (κ3) is 4.21. The van der Waals surface area contributed by atoms with Crippen molar-refractivity contribution in [2.75, 3.05) is 39.5 Å². The van der Waals surface area contributed by atoms with Gasteiger partial charge in [0.15, 0.2) is 0 Å². The smallest absolute Gasteiger partial charge is 0.338 e. The van der Waals surface area contributed by atoms with Crippen LogP contribution in [0.2, 0.25) is 0 Å². The number of fused-ring (bicyclic) bond motifs is 1. The maximum absolute atomic E-state index is 12.3. The number of nitrogens with zero attached hydrogens (tertiary/aromatic N) is 1. The van der Waals surface area contributed by atoms with Gasteiger partial charge in [0.1, 0.15) is 26.2 Å². The van der Waals surface area contributed by atoms with E-state index < -0.39 is 5.97 Å². The van der Waals surface area contributed by atoms with E-state index in [9.17, 15) is 14.4 Å². The Hall–Kier alpha value is -3.03. The van der Waals surface area contributed by atoms with E-state index >= 15 is 0 Å². The first-order valence-corrected chi connectivity index (χ1v) is 9.76. The predicted octanol–water partition coefficient (Wildman–Crippen LogP) is 0.555. The first-order chi connectivity index (χ1) is 14.1. The third-order valence-electron chi connectivity index (χ3n) is 5.27. The molecular formula is C22H23N2O5+. The number of morpholine rings is 1. The number of rotatable bonds is 6. The number of hydrogen-bond acceptors (Lipinski definition) is 5.